The number of para-hydroxylation sites is 2. The van der Waals surface area contributed by atoms with Crippen molar-refractivity contribution in [3.8, 4) is 0 Å². The molecule has 204 valence electrons. The third-order valence-corrected chi connectivity index (χ3v) is 7.82. The van der Waals surface area contributed by atoms with Crippen molar-refractivity contribution in [1.82, 2.24) is 14.3 Å². The summed E-state index contributed by atoms with van der Waals surface area (Å²) < 4.78 is 68.2. The third kappa shape index (κ3) is 4.13. The Balaban J connectivity index is 1.68. The Kier molecular flexibility index (Phi) is 6.11. The number of aromatic amines is 1. The van der Waals surface area contributed by atoms with Gasteiger partial charge in [-0.1, -0.05) is 12.1 Å². The lowest BCUT2D eigenvalue weighted by Crippen LogP contribution is -2.71. The van der Waals surface area contributed by atoms with Crippen molar-refractivity contribution in [2.24, 2.45) is 0 Å². The number of β-lactam (4-membered cyclic amide) rings is 2. The molecule has 2 heterocycles. The average molecular weight is 571 g/mol. The number of rotatable bonds is 6. The number of allylic oxidation sites excluding steroid dienone is 1. The summed E-state index contributed by atoms with van der Waals surface area (Å²) in [5.41, 5.74) is -3.56. The van der Waals surface area contributed by atoms with Gasteiger partial charge in [-0.3, -0.25) is 14.4 Å². The summed E-state index contributed by atoms with van der Waals surface area (Å²) in [7, 11) is -5.21. The molecule has 4 aromatic rings. The fourth-order valence-electron chi connectivity index (χ4n) is 4.06. The van der Waals surface area contributed by atoms with Crippen LogP contribution >= 0.6 is 0 Å². The minimum atomic E-state index is -5.21. The Labute approximate surface area is 223 Å². The number of Topliss-reactive ketones (excluding diaryl/α,β-unsaturated/α-hetero) is 1. The van der Waals surface area contributed by atoms with Crippen LogP contribution in [0.4, 0.5) is 13.2 Å². The molecule has 1 aliphatic heterocycles. The second-order valence-electron chi connectivity index (χ2n) is 8.91. The SMILES string of the molecule is CC1(O)C(=O)N(S(=O)(=O)c2cc(C(=O)C(=C(O)c3cc(F)cc(F)c3)c3nc4ccccc4[nH]3)ccc2F)C1=O. The van der Waals surface area contributed by atoms with Crippen molar-refractivity contribution in [2.45, 2.75) is 17.4 Å². The van der Waals surface area contributed by atoms with Gasteiger partial charge in [0, 0.05) is 17.2 Å². The van der Waals surface area contributed by atoms with Crippen molar-refractivity contribution in [3.05, 3.63) is 95.1 Å². The van der Waals surface area contributed by atoms with E-state index in [0.29, 0.717) is 29.2 Å². The molecule has 0 spiro atoms. The molecule has 3 N–H and O–H groups in total. The number of imide groups is 1. The number of H-pyrrole nitrogens is 1. The van der Waals surface area contributed by atoms with Gasteiger partial charge in [0.2, 0.25) is 11.4 Å². The first-order chi connectivity index (χ1) is 18.7. The van der Waals surface area contributed by atoms with Gasteiger partial charge in [0.15, 0.2) is 0 Å². The molecule has 1 aromatic heterocycles. The van der Waals surface area contributed by atoms with E-state index in [9.17, 15) is 46.2 Å². The summed E-state index contributed by atoms with van der Waals surface area (Å²) in [4.78, 5) is 43.7. The fraction of sp³-hybridized carbons (Fsp3) is 0.0769. The molecule has 1 aliphatic rings. The van der Waals surface area contributed by atoms with Crippen molar-refractivity contribution >= 4 is 50.0 Å². The minimum absolute atomic E-state index is 0.272. The van der Waals surface area contributed by atoms with Crippen molar-refractivity contribution in [3.63, 3.8) is 0 Å². The second kappa shape index (κ2) is 9.14. The highest BCUT2D eigenvalue weighted by molar-refractivity contribution is 7.90. The first-order valence-corrected chi connectivity index (χ1v) is 12.7. The van der Waals surface area contributed by atoms with Gasteiger partial charge in [-0.05, 0) is 49.4 Å². The van der Waals surface area contributed by atoms with E-state index in [2.05, 4.69) is 9.97 Å². The Morgan fingerprint density at radius 1 is 0.950 bits per heavy atom. The fourth-order valence-corrected chi connectivity index (χ4v) is 5.64. The molecule has 3 aromatic carbocycles. The van der Waals surface area contributed by atoms with Gasteiger partial charge in [0.1, 0.15) is 39.5 Å². The summed E-state index contributed by atoms with van der Waals surface area (Å²) in [5, 5.41) is 20.8. The van der Waals surface area contributed by atoms with Gasteiger partial charge in [0.05, 0.1) is 11.0 Å². The number of amides is 2. The van der Waals surface area contributed by atoms with Gasteiger partial charge < -0.3 is 15.2 Å². The predicted octanol–water partition coefficient (Wildman–Crippen LogP) is 3.10. The molecule has 0 atom stereocenters. The van der Waals surface area contributed by atoms with Crippen LogP contribution in [-0.4, -0.2) is 56.1 Å². The van der Waals surface area contributed by atoms with E-state index in [1.165, 1.54) is 0 Å². The monoisotopic (exact) mass is 571 g/mol. The number of halogens is 3. The largest absolute Gasteiger partial charge is 0.506 e. The molecule has 40 heavy (non-hydrogen) atoms. The van der Waals surface area contributed by atoms with E-state index in [0.717, 1.165) is 25.1 Å². The number of fused-ring (bicyclic) bond motifs is 1. The highest BCUT2D eigenvalue weighted by atomic mass is 32.2. The molecule has 0 unspecified atom stereocenters. The zero-order chi connectivity index (χ0) is 29.1. The molecular weight excluding hydrogens is 555 g/mol. The first kappa shape index (κ1) is 26.8. The molecule has 0 saturated carbocycles. The molecule has 10 nitrogen and oxygen atoms in total. The number of sulfonamides is 1. The number of aromatic nitrogens is 2. The van der Waals surface area contributed by atoms with Crippen LogP contribution < -0.4 is 0 Å². The molecule has 1 fully saturated rings. The third-order valence-electron chi connectivity index (χ3n) is 6.14. The number of aliphatic hydroxyl groups excluding tert-OH is 1. The van der Waals surface area contributed by atoms with Crippen LogP contribution in [0.3, 0.4) is 0 Å². The van der Waals surface area contributed by atoms with E-state index in [1.54, 1.807) is 24.3 Å². The second-order valence-corrected chi connectivity index (χ2v) is 10.7. The number of hydrogen-bond acceptors (Lipinski definition) is 8. The van der Waals surface area contributed by atoms with Crippen LogP contribution in [0, 0.1) is 17.5 Å². The number of nitrogens with zero attached hydrogens (tertiary/aromatic N) is 2. The van der Waals surface area contributed by atoms with E-state index >= 15 is 0 Å². The van der Waals surface area contributed by atoms with Crippen LogP contribution in [0.2, 0.25) is 0 Å². The standard InChI is InChI=1S/C26H16F3N3O7S/c1-26(37)24(35)32(25(26)36)40(38,39)19-10-12(6-7-16(19)29)21(33)20(22(34)13-8-14(27)11-15(28)9-13)23-30-17-4-2-3-5-18(17)31-23/h2-11,34,37H,1H3,(H,30,31). The van der Waals surface area contributed by atoms with E-state index in [4.69, 9.17) is 0 Å². The average Bonchev–Trinajstić information content (AvgIpc) is 3.32. The van der Waals surface area contributed by atoms with Crippen molar-refractivity contribution < 1.29 is 46.2 Å². The van der Waals surface area contributed by atoms with Crippen molar-refractivity contribution in [2.75, 3.05) is 0 Å². The van der Waals surface area contributed by atoms with Crippen LogP contribution in [-0.2, 0) is 19.6 Å². The Hall–Kier alpha value is -4.82. The van der Waals surface area contributed by atoms with Crippen LogP contribution in [0.1, 0.15) is 28.7 Å². The van der Waals surface area contributed by atoms with E-state index in [1.807, 2.05) is 0 Å². The number of ketones is 1. The lowest BCUT2D eigenvalue weighted by atomic mass is 9.98. The summed E-state index contributed by atoms with van der Waals surface area (Å²) in [6.07, 6.45) is 0. The normalized spacial score (nSPS) is 15.7. The quantitative estimate of drug-likeness (QED) is 0.105. The number of nitrogens with one attached hydrogen (secondary N) is 1. The van der Waals surface area contributed by atoms with Crippen LogP contribution in [0.5, 0.6) is 0 Å². The minimum Gasteiger partial charge on any atom is -0.506 e. The molecule has 2 amide bonds. The van der Waals surface area contributed by atoms with Gasteiger partial charge in [0.25, 0.3) is 21.8 Å². The number of carbonyl (C=O) groups excluding carboxylic acids is 3. The topological polar surface area (TPSA) is 158 Å². The maximum Gasteiger partial charge on any atom is 0.285 e. The smallest absolute Gasteiger partial charge is 0.285 e. The maximum atomic E-state index is 14.7. The first-order valence-electron chi connectivity index (χ1n) is 11.3. The Morgan fingerprint density at radius 2 is 1.57 bits per heavy atom. The number of imidazole rings is 1. The van der Waals surface area contributed by atoms with Crippen molar-refractivity contribution in [1.29, 1.82) is 0 Å². The zero-order valence-corrected chi connectivity index (χ0v) is 21.0. The summed E-state index contributed by atoms with van der Waals surface area (Å²) in [6.45, 7) is 0.766. The van der Waals surface area contributed by atoms with Crippen LogP contribution in [0.15, 0.2) is 65.6 Å². The molecule has 14 heteroatoms. The highest BCUT2D eigenvalue weighted by Gasteiger charge is 2.62. The molecular formula is C26H16F3N3O7S. The summed E-state index contributed by atoms with van der Waals surface area (Å²) in [5.74, 6) is -9.02. The predicted molar refractivity (Wildman–Crippen MR) is 132 cm³/mol. The summed E-state index contributed by atoms with van der Waals surface area (Å²) >= 11 is 0. The van der Waals surface area contributed by atoms with E-state index in [-0.39, 0.29) is 10.1 Å². The van der Waals surface area contributed by atoms with Gasteiger partial charge in [-0.2, -0.15) is 4.31 Å². The molecule has 5 rings (SSSR count). The number of aliphatic hydroxyl groups is 2. The van der Waals surface area contributed by atoms with Crippen LogP contribution in [0.25, 0.3) is 22.4 Å². The zero-order valence-electron chi connectivity index (χ0n) is 20.1. The lowest BCUT2D eigenvalue weighted by Gasteiger charge is -2.38. The Morgan fingerprint density at radius 3 is 2.20 bits per heavy atom. The lowest BCUT2D eigenvalue weighted by molar-refractivity contribution is -0.177. The number of benzene rings is 3. The number of carbonyl (C=O) groups is 3. The molecule has 0 radical (unpaired) electrons. The van der Waals surface area contributed by atoms with E-state index < -0.39 is 78.0 Å². The van der Waals surface area contributed by atoms with Gasteiger partial charge in [-0.15, -0.1) is 0 Å². The molecule has 0 aliphatic carbocycles. The highest BCUT2D eigenvalue weighted by Crippen LogP contribution is 2.34. The number of hydrogen-bond donors (Lipinski definition) is 3. The molecule has 1 saturated heterocycles. The summed E-state index contributed by atoms with van der Waals surface area (Å²) in [6, 6.07) is 10.4. The van der Waals surface area contributed by atoms with Gasteiger partial charge >= 0.3 is 0 Å². The molecule has 0 bridgehead atoms. The maximum absolute atomic E-state index is 14.7. The van der Waals surface area contributed by atoms with Gasteiger partial charge in [-0.25, -0.2) is 26.6 Å². The Bertz CT molecular complexity index is 1840.